The van der Waals surface area contributed by atoms with Crippen LogP contribution in [0.3, 0.4) is 0 Å². The topological polar surface area (TPSA) is 0 Å². The van der Waals surface area contributed by atoms with Crippen LogP contribution in [-0.4, -0.2) is 0 Å². The van der Waals surface area contributed by atoms with Gasteiger partial charge in [-0.25, -0.2) is 0 Å². The van der Waals surface area contributed by atoms with E-state index in [0.29, 0.717) is 0 Å². The first kappa shape index (κ1) is 23.2. The van der Waals surface area contributed by atoms with Gasteiger partial charge < -0.3 is 20.3 Å². The summed E-state index contributed by atoms with van der Waals surface area (Å²) in [5.74, 6) is 0. The van der Waals surface area contributed by atoms with E-state index in [2.05, 4.69) is 6.42 Å². The van der Waals surface area contributed by atoms with Crippen molar-refractivity contribution in [3.63, 3.8) is 0 Å². The third kappa shape index (κ3) is 18.1. The maximum absolute atomic E-state index is 5.25. The fourth-order valence-electron chi connectivity index (χ4n) is 0. The van der Waals surface area contributed by atoms with Gasteiger partial charge in [0.1, 0.15) is 0 Å². The van der Waals surface area contributed by atoms with Gasteiger partial charge in [0.25, 0.3) is 0 Å². The maximum atomic E-state index is 5.25. The SMILES string of the molecule is [C-]#C.[CH3-].[U+2]. The monoisotopic (exact) mass is 278 g/mol. The van der Waals surface area contributed by atoms with Crippen molar-refractivity contribution < 1.29 is 31.1 Å². The van der Waals surface area contributed by atoms with Gasteiger partial charge in [-0.3, -0.25) is 0 Å². The zero-order valence-electron chi connectivity index (χ0n) is 2.58. The molecule has 4 heavy (non-hydrogen) atoms. The van der Waals surface area contributed by atoms with E-state index in [1.165, 1.54) is 0 Å². The number of terminal acetylenes is 1. The molecular weight excluding hydrogens is 274 g/mol. The summed E-state index contributed by atoms with van der Waals surface area (Å²) in [5.41, 5.74) is 0. The largest absolute Gasteiger partial charge is 2.00 e. The Bertz CT molecular complexity index is 8.00. The van der Waals surface area contributed by atoms with Gasteiger partial charge in [-0.05, 0) is 0 Å². The Balaban J connectivity index is -0.00000000500. The predicted molar refractivity (Wildman–Crippen MR) is 14.6 cm³/mol. The minimum atomic E-state index is 0. The Labute approximate surface area is 51.4 Å². The molecular formula is C3H4U. The van der Waals surface area contributed by atoms with E-state index in [4.69, 9.17) is 6.42 Å². The molecule has 0 aliphatic heterocycles. The molecule has 0 nitrogen and oxygen atoms in total. The minimum absolute atomic E-state index is 0. The first-order valence-electron chi connectivity index (χ1n) is 0.289. The molecule has 0 rings (SSSR count). The van der Waals surface area contributed by atoms with Crippen molar-refractivity contribution in [2.24, 2.45) is 0 Å². The van der Waals surface area contributed by atoms with Crippen LogP contribution in [0.25, 0.3) is 0 Å². The van der Waals surface area contributed by atoms with Crippen LogP contribution in [0.4, 0.5) is 0 Å². The predicted octanol–water partition coefficient (Wildman–Crippen LogP) is 0.656. The second-order valence-corrected chi connectivity index (χ2v) is 0. The smallest absolute Gasteiger partial charge is 0.697 e. The van der Waals surface area contributed by atoms with Crippen molar-refractivity contribution in [1.82, 2.24) is 0 Å². The van der Waals surface area contributed by atoms with Gasteiger partial charge in [0.15, 0.2) is 0 Å². The molecule has 0 aromatic rings. The summed E-state index contributed by atoms with van der Waals surface area (Å²) in [5, 5.41) is 0. The molecule has 0 heterocycles. The van der Waals surface area contributed by atoms with Gasteiger partial charge in [-0.1, -0.05) is 0 Å². The molecule has 1 heteroatoms. The van der Waals surface area contributed by atoms with Crippen LogP contribution >= 0.6 is 0 Å². The molecule has 0 amide bonds. The fraction of sp³-hybridized carbons (Fsp3) is 0. The molecule has 0 saturated carbocycles. The Morgan fingerprint density at radius 2 is 1.25 bits per heavy atom. The number of hydrogen-bond acceptors (Lipinski definition) is 0. The Morgan fingerprint density at radius 1 is 1.25 bits per heavy atom. The zero-order chi connectivity index (χ0) is 2.00. The van der Waals surface area contributed by atoms with Crippen LogP contribution in [0.2, 0.25) is 0 Å². The summed E-state index contributed by atoms with van der Waals surface area (Å²) >= 11 is 0. The van der Waals surface area contributed by atoms with E-state index >= 15 is 0 Å². The van der Waals surface area contributed by atoms with E-state index < -0.39 is 0 Å². The van der Waals surface area contributed by atoms with Gasteiger partial charge in [0.05, 0.1) is 0 Å². The van der Waals surface area contributed by atoms with E-state index in [-0.39, 0.29) is 38.5 Å². The summed E-state index contributed by atoms with van der Waals surface area (Å²) in [7, 11) is 0. The average Bonchev–Trinajstić information content (AvgIpc) is 1.00. The molecule has 0 unspecified atom stereocenters. The minimum Gasteiger partial charge on any atom is -0.697 e. The number of hydrogen-bond donors (Lipinski definition) is 0. The third-order valence-corrected chi connectivity index (χ3v) is 0. The molecule has 0 bridgehead atoms. The Kier molecular flexibility index (Phi) is 381. The van der Waals surface area contributed by atoms with Crippen molar-refractivity contribution >= 4 is 0 Å². The fourth-order valence-corrected chi connectivity index (χ4v) is 0. The zero-order valence-corrected chi connectivity index (χ0v) is 6.74. The molecule has 0 aromatic carbocycles. The van der Waals surface area contributed by atoms with Crippen molar-refractivity contribution in [2.75, 3.05) is 0 Å². The molecule has 0 atom stereocenters. The van der Waals surface area contributed by atoms with Crippen LogP contribution in [-0.2, 0) is 0 Å². The molecule has 0 N–H and O–H groups in total. The second-order valence-electron chi connectivity index (χ2n) is 0. The van der Waals surface area contributed by atoms with Crippen molar-refractivity contribution in [3.05, 3.63) is 13.9 Å². The van der Waals surface area contributed by atoms with Crippen LogP contribution in [0, 0.1) is 51.4 Å². The van der Waals surface area contributed by atoms with Gasteiger partial charge in [-0.2, -0.15) is 0 Å². The molecule has 0 radical (unpaired) electrons. The Morgan fingerprint density at radius 3 is 1.25 bits per heavy atom. The van der Waals surface area contributed by atoms with Gasteiger partial charge in [0.2, 0.25) is 0 Å². The van der Waals surface area contributed by atoms with Crippen LogP contribution in [0.15, 0.2) is 0 Å². The normalized spacial score (nSPS) is 0.500. The summed E-state index contributed by atoms with van der Waals surface area (Å²) < 4.78 is 0. The quantitative estimate of drug-likeness (QED) is 0.451. The van der Waals surface area contributed by atoms with E-state index in [1.807, 2.05) is 0 Å². The van der Waals surface area contributed by atoms with Gasteiger partial charge in [-0.15, -0.1) is 0 Å². The van der Waals surface area contributed by atoms with Gasteiger partial charge in [0, 0.05) is 0 Å². The van der Waals surface area contributed by atoms with E-state index in [0.717, 1.165) is 0 Å². The number of rotatable bonds is 0. The molecule has 0 fully saturated rings. The van der Waals surface area contributed by atoms with Crippen LogP contribution in [0.5, 0.6) is 0 Å². The first-order valence-corrected chi connectivity index (χ1v) is 0.289. The molecule has 0 saturated heterocycles. The average molecular weight is 278 g/mol. The van der Waals surface area contributed by atoms with E-state index in [9.17, 15) is 0 Å². The van der Waals surface area contributed by atoms with Gasteiger partial charge >= 0.3 is 31.1 Å². The summed E-state index contributed by atoms with van der Waals surface area (Å²) in [6, 6.07) is 0. The second kappa shape index (κ2) is 65.8. The third-order valence-electron chi connectivity index (χ3n) is 0. The van der Waals surface area contributed by atoms with Crippen molar-refractivity contribution in [2.45, 2.75) is 0 Å². The maximum Gasteiger partial charge on any atom is 2.00 e. The standard InChI is InChI=1S/C2H.CH3.U/c1-2;;/h1H;1H3;/q2*-1;+2. The van der Waals surface area contributed by atoms with Crippen LogP contribution in [0.1, 0.15) is 0 Å². The van der Waals surface area contributed by atoms with Crippen molar-refractivity contribution in [3.8, 4) is 6.42 Å². The summed E-state index contributed by atoms with van der Waals surface area (Å²) in [4.78, 5) is 0. The van der Waals surface area contributed by atoms with Crippen LogP contribution < -0.4 is 0 Å². The Hall–Kier alpha value is 0.612. The molecule has 0 aliphatic rings. The summed E-state index contributed by atoms with van der Waals surface area (Å²) in [6.45, 7) is 0. The first-order chi connectivity index (χ1) is 1.00. The molecule has 0 aliphatic carbocycles. The van der Waals surface area contributed by atoms with Crippen molar-refractivity contribution in [1.29, 1.82) is 0 Å². The van der Waals surface area contributed by atoms with E-state index in [1.54, 1.807) is 0 Å². The molecule has 0 aromatic heterocycles. The molecule has 20 valence electrons. The summed E-state index contributed by atoms with van der Waals surface area (Å²) in [6.07, 6.45) is 9.00. The molecule has 0 spiro atoms.